The maximum absolute atomic E-state index is 17.3. The molecule has 1 saturated carbocycles. The molecule has 3 fully saturated rings. The Labute approximate surface area is 307 Å². The lowest BCUT2D eigenvalue weighted by Crippen LogP contribution is -2.43. The van der Waals surface area contributed by atoms with Crippen LogP contribution in [0.4, 0.5) is 38.0 Å². The monoisotopic (exact) mass is 767 g/mol. The first-order valence-electron chi connectivity index (χ1n) is 18.3. The van der Waals surface area contributed by atoms with Gasteiger partial charge in [0.1, 0.15) is 0 Å². The first-order chi connectivity index (χ1) is 24.9. The normalized spacial score (nSPS) is 26.5. The number of aromatic nitrogens is 2. The molecule has 2 atom stereocenters. The molecule has 53 heavy (non-hydrogen) atoms. The second-order valence-electron chi connectivity index (χ2n) is 15.9. The van der Waals surface area contributed by atoms with Crippen molar-refractivity contribution >= 4 is 22.2 Å². The fourth-order valence-electron chi connectivity index (χ4n) is 8.60. The largest absolute Gasteiger partial charge is 0.416 e. The zero-order chi connectivity index (χ0) is 37.9. The summed E-state index contributed by atoms with van der Waals surface area (Å²) in [5.41, 5.74) is 1.97. The number of nitrogens with zero attached hydrogens (tertiary/aromatic N) is 4. The Morgan fingerprint density at radius 3 is 2.06 bits per heavy atom. The minimum Gasteiger partial charge on any atom is -0.388 e. The zero-order valence-corrected chi connectivity index (χ0v) is 30.7. The molecular formula is C38H47F6N5O3S. The van der Waals surface area contributed by atoms with E-state index in [-0.39, 0.29) is 42.7 Å². The van der Waals surface area contributed by atoms with Gasteiger partial charge in [-0.2, -0.15) is 23.8 Å². The van der Waals surface area contributed by atoms with Crippen LogP contribution in [0.25, 0.3) is 0 Å². The third-order valence-electron chi connectivity index (χ3n) is 11.5. The van der Waals surface area contributed by atoms with Gasteiger partial charge in [-0.05, 0) is 66.7 Å². The van der Waals surface area contributed by atoms with E-state index in [2.05, 4.69) is 15.3 Å². The number of piperidine rings is 1. The predicted octanol–water partition coefficient (Wildman–Crippen LogP) is 8.65. The number of hydrogen-bond acceptors (Lipinski definition) is 8. The molecule has 5 aliphatic rings. The Balaban J connectivity index is 1.22. The number of hydrogen-bond donors (Lipinski definition) is 4. The van der Waals surface area contributed by atoms with Gasteiger partial charge < -0.3 is 20.2 Å². The molecule has 2 saturated heterocycles. The Bertz CT molecular complexity index is 1750. The smallest absolute Gasteiger partial charge is 0.388 e. The van der Waals surface area contributed by atoms with Crippen LogP contribution in [0.3, 0.4) is 0 Å². The number of rotatable bonds is 6. The van der Waals surface area contributed by atoms with E-state index in [1.807, 2.05) is 29.7 Å². The van der Waals surface area contributed by atoms with E-state index in [9.17, 15) is 36.2 Å². The molecule has 0 amide bonds. The number of allylic oxidation sites excluding steroid dienone is 4. The first-order valence-corrected chi connectivity index (χ1v) is 20.2. The van der Waals surface area contributed by atoms with Crippen molar-refractivity contribution in [3.63, 3.8) is 0 Å². The highest BCUT2D eigenvalue weighted by molar-refractivity contribution is 8.24. The van der Waals surface area contributed by atoms with Gasteiger partial charge in [-0.1, -0.05) is 32.1 Å². The second-order valence-corrected chi connectivity index (χ2v) is 18.3. The summed E-state index contributed by atoms with van der Waals surface area (Å²) < 4.78 is 107. The third kappa shape index (κ3) is 8.08. The van der Waals surface area contributed by atoms with Crippen LogP contribution in [0.5, 0.6) is 0 Å². The summed E-state index contributed by atoms with van der Waals surface area (Å²) in [7, 11) is -2.54. The van der Waals surface area contributed by atoms with Crippen LogP contribution in [0, 0.1) is 17.3 Å². The number of anilines is 2. The number of halogens is 6. The molecule has 4 heterocycles. The predicted molar refractivity (Wildman–Crippen MR) is 194 cm³/mol. The third-order valence-corrected chi connectivity index (χ3v) is 13.2. The van der Waals surface area contributed by atoms with Crippen molar-refractivity contribution in [1.82, 2.24) is 15.3 Å². The summed E-state index contributed by atoms with van der Waals surface area (Å²) >= 11 is 0. The molecule has 3 aliphatic heterocycles. The standard InChI is InChI=1S/C38H47F6N5O3S/c1-36(2)19-28-31(29(50)20-36)30(23-7-11-37(40,41)12-8-23)32(33(39)24-3-5-26(6-4-24)38(42,43)44)34(47-28)25-9-13-49(14-10-25)35-45-21-27(22-46-35)48-15-17-53(51,52)18-16-48/h3-6,19,21-23,25,29,33,47,50-52H,7-18,20H2,1-2H3/t29-,33-/m0/s1. The number of nitrogens with one attached hydrogen (secondary N) is 1. The first kappa shape index (κ1) is 38.0. The van der Waals surface area contributed by atoms with Crippen LogP contribution >= 0.6 is 10.6 Å². The maximum atomic E-state index is 17.3. The lowest BCUT2D eigenvalue weighted by Gasteiger charge is -2.45. The Morgan fingerprint density at radius 1 is 0.868 bits per heavy atom. The highest BCUT2D eigenvalue weighted by atomic mass is 32.3. The van der Waals surface area contributed by atoms with Gasteiger partial charge in [0.05, 0.1) is 41.3 Å². The quantitative estimate of drug-likeness (QED) is 0.217. The molecule has 2 aliphatic carbocycles. The summed E-state index contributed by atoms with van der Waals surface area (Å²) in [5, 5.41) is 15.1. The van der Waals surface area contributed by atoms with Crippen molar-refractivity contribution in [2.45, 2.75) is 83.2 Å². The van der Waals surface area contributed by atoms with Crippen LogP contribution in [-0.2, 0) is 6.18 Å². The summed E-state index contributed by atoms with van der Waals surface area (Å²) in [6.07, 6.45) is -1.09. The van der Waals surface area contributed by atoms with E-state index in [0.29, 0.717) is 85.4 Å². The highest BCUT2D eigenvalue weighted by Crippen LogP contribution is 2.53. The highest BCUT2D eigenvalue weighted by Gasteiger charge is 2.45. The molecule has 8 nitrogen and oxygen atoms in total. The average Bonchev–Trinajstić information content (AvgIpc) is 3.10. The fraction of sp³-hybridized carbons (Fsp3) is 0.579. The molecule has 0 bridgehead atoms. The van der Waals surface area contributed by atoms with E-state index in [4.69, 9.17) is 0 Å². The fourth-order valence-corrected chi connectivity index (χ4v) is 9.83. The number of fused-ring (bicyclic) bond motifs is 1. The molecule has 7 rings (SSSR count). The maximum Gasteiger partial charge on any atom is 0.416 e. The van der Waals surface area contributed by atoms with Crippen molar-refractivity contribution < 1.29 is 40.6 Å². The minimum atomic E-state index is -4.60. The number of aliphatic hydroxyl groups is 1. The van der Waals surface area contributed by atoms with E-state index >= 15 is 4.39 Å². The number of aliphatic hydroxyl groups excluding tert-OH is 1. The van der Waals surface area contributed by atoms with Crippen molar-refractivity contribution in [3.05, 3.63) is 82.0 Å². The number of dihydropyridines is 1. The van der Waals surface area contributed by atoms with Gasteiger partial charge in [0.2, 0.25) is 11.9 Å². The van der Waals surface area contributed by atoms with Crippen LogP contribution < -0.4 is 15.1 Å². The van der Waals surface area contributed by atoms with Gasteiger partial charge in [-0.25, -0.2) is 23.1 Å². The molecule has 15 heteroatoms. The van der Waals surface area contributed by atoms with Gasteiger partial charge in [0, 0.05) is 67.5 Å². The topological polar surface area (TPSA) is 105 Å². The van der Waals surface area contributed by atoms with Gasteiger partial charge in [0.15, 0.2) is 6.17 Å². The van der Waals surface area contributed by atoms with Crippen LogP contribution in [0.2, 0.25) is 0 Å². The van der Waals surface area contributed by atoms with Crippen molar-refractivity contribution in [2.75, 3.05) is 47.5 Å². The molecule has 1 aromatic heterocycles. The van der Waals surface area contributed by atoms with Gasteiger partial charge in [0.25, 0.3) is 0 Å². The summed E-state index contributed by atoms with van der Waals surface area (Å²) in [5.74, 6) is -2.41. The van der Waals surface area contributed by atoms with E-state index < -0.39 is 51.9 Å². The summed E-state index contributed by atoms with van der Waals surface area (Å²) in [6, 6.07) is 4.00. The Morgan fingerprint density at radius 2 is 1.47 bits per heavy atom. The summed E-state index contributed by atoms with van der Waals surface area (Å²) in [6.45, 7) is 6.02. The second kappa shape index (κ2) is 14.1. The van der Waals surface area contributed by atoms with Gasteiger partial charge in [-0.15, -0.1) is 0 Å². The lowest BCUT2D eigenvalue weighted by molar-refractivity contribution is -0.137. The van der Waals surface area contributed by atoms with Crippen molar-refractivity contribution in [3.8, 4) is 0 Å². The van der Waals surface area contributed by atoms with E-state index in [1.54, 1.807) is 12.4 Å². The van der Waals surface area contributed by atoms with Gasteiger partial charge >= 0.3 is 6.18 Å². The Hall–Kier alpha value is -3.27. The molecule has 1 aromatic carbocycles. The zero-order valence-electron chi connectivity index (χ0n) is 29.8. The van der Waals surface area contributed by atoms with E-state index in [1.165, 1.54) is 0 Å². The van der Waals surface area contributed by atoms with Crippen molar-refractivity contribution in [2.24, 2.45) is 17.3 Å². The van der Waals surface area contributed by atoms with Crippen LogP contribution in [0.1, 0.15) is 76.1 Å². The van der Waals surface area contributed by atoms with E-state index in [0.717, 1.165) is 30.0 Å². The molecule has 0 unspecified atom stereocenters. The van der Waals surface area contributed by atoms with Crippen LogP contribution in [-0.4, -0.2) is 73.9 Å². The lowest BCUT2D eigenvalue weighted by atomic mass is 9.67. The molecular weight excluding hydrogens is 721 g/mol. The SMILES string of the molecule is CC1(C)C=C2NC(C3CCN(c4ncc(N5CCS(O)(O)CC5)cn4)CC3)=C([C@@H](F)c3ccc(C(F)(F)F)cc3)C(C3CCC(F)(F)CC3)=C2[C@@H](O)C1. The van der Waals surface area contributed by atoms with Crippen LogP contribution in [0.15, 0.2) is 70.8 Å². The number of benzene rings is 1. The Kier molecular flexibility index (Phi) is 10.1. The average molecular weight is 768 g/mol. The minimum absolute atomic E-state index is 0.0225. The van der Waals surface area contributed by atoms with Crippen molar-refractivity contribution in [1.29, 1.82) is 0 Å². The molecule has 0 radical (unpaired) electrons. The molecule has 290 valence electrons. The summed E-state index contributed by atoms with van der Waals surface area (Å²) in [4.78, 5) is 13.3. The molecule has 4 N–H and O–H groups in total. The molecule has 0 spiro atoms. The van der Waals surface area contributed by atoms with Gasteiger partial charge in [-0.3, -0.25) is 9.11 Å². The number of alkyl halides is 6. The molecule has 2 aromatic rings.